The van der Waals surface area contributed by atoms with Crippen molar-refractivity contribution in [2.75, 3.05) is 26.2 Å². The quantitative estimate of drug-likeness (QED) is 0.340. The van der Waals surface area contributed by atoms with Crippen molar-refractivity contribution in [1.29, 1.82) is 0 Å². The fourth-order valence-corrected chi connectivity index (χ4v) is 4.88. The number of rotatable bonds is 9. The number of carbonyl (C=O) groups excluding carboxylic acids is 2. The van der Waals surface area contributed by atoms with Gasteiger partial charge >= 0.3 is 0 Å². The summed E-state index contributed by atoms with van der Waals surface area (Å²) in [4.78, 5) is 44.4. The minimum Gasteiger partial charge on any atom is -0.868 e. The number of thiazole rings is 1. The molecule has 1 aliphatic heterocycles. The van der Waals surface area contributed by atoms with Crippen LogP contribution in [-0.2, 0) is 4.79 Å². The van der Waals surface area contributed by atoms with Crippen LogP contribution in [0.4, 0.5) is 5.69 Å². The molecule has 2 aromatic rings. The van der Waals surface area contributed by atoms with E-state index in [2.05, 4.69) is 4.98 Å². The van der Waals surface area contributed by atoms with Crippen LogP contribution in [0.1, 0.15) is 45.8 Å². The van der Waals surface area contributed by atoms with Crippen molar-refractivity contribution in [3.8, 4) is 0 Å². The van der Waals surface area contributed by atoms with Gasteiger partial charge in [-0.1, -0.05) is 12.1 Å². The third-order valence-electron chi connectivity index (χ3n) is 5.74. The lowest BCUT2D eigenvalue weighted by atomic mass is 9.94. The molecule has 1 aromatic heterocycles. The summed E-state index contributed by atoms with van der Waals surface area (Å²) in [5.74, 6) is -2.15. The second-order valence-corrected chi connectivity index (χ2v) is 8.88. The van der Waals surface area contributed by atoms with E-state index >= 15 is 0 Å². The van der Waals surface area contributed by atoms with Gasteiger partial charge in [-0.25, -0.2) is 4.98 Å². The van der Waals surface area contributed by atoms with Crippen molar-refractivity contribution in [2.45, 2.75) is 33.7 Å². The van der Waals surface area contributed by atoms with Crippen molar-refractivity contribution >= 4 is 28.7 Å². The standard InChI is InChI=1S/C22H26N4O5S/c1-5-24(6-2)10-11-25-18(15-8-7-9-16(12-15)26(30)31)17(20(28)22(25)29)19(27)21-13(3)23-14(4)32-21/h7-9,12,18,28H,5-6,10-11H2,1-4H3. The maximum atomic E-state index is 13.4. The number of benzene rings is 1. The number of ketones is 1. The molecule has 170 valence electrons. The average molecular weight is 459 g/mol. The number of likely N-dealkylation sites (N-methyl/N-ethyl adjacent to an activating group) is 1. The van der Waals surface area contributed by atoms with E-state index in [-0.39, 0.29) is 17.8 Å². The smallest absolute Gasteiger partial charge is 0.269 e. The minimum absolute atomic E-state index is 0.166. The number of nitrogens with one attached hydrogen (secondary N) is 1. The predicted octanol–water partition coefficient (Wildman–Crippen LogP) is 0.973. The minimum atomic E-state index is -0.973. The summed E-state index contributed by atoms with van der Waals surface area (Å²) in [5, 5.41) is 25.0. The Kier molecular flexibility index (Phi) is 7.05. The number of nitro benzene ring substituents is 1. The highest BCUT2D eigenvalue weighted by atomic mass is 32.1. The first-order chi connectivity index (χ1) is 15.2. The average Bonchev–Trinajstić information content (AvgIpc) is 3.24. The van der Waals surface area contributed by atoms with Gasteiger partial charge in [-0.3, -0.25) is 19.7 Å². The molecule has 0 saturated heterocycles. The van der Waals surface area contributed by atoms with Gasteiger partial charge in [0.1, 0.15) is 0 Å². The van der Waals surface area contributed by atoms with Crippen LogP contribution in [0.15, 0.2) is 35.6 Å². The number of hydrogen-bond acceptors (Lipinski definition) is 7. The molecule has 1 atom stereocenters. The first-order valence-electron chi connectivity index (χ1n) is 10.5. The molecule has 2 heterocycles. The van der Waals surface area contributed by atoms with Crippen LogP contribution in [-0.4, -0.2) is 52.7 Å². The van der Waals surface area contributed by atoms with E-state index in [9.17, 15) is 24.8 Å². The molecule has 0 saturated carbocycles. The van der Waals surface area contributed by atoms with Crippen molar-refractivity contribution in [1.82, 2.24) is 9.88 Å². The lowest BCUT2D eigenvalue weighted by Crippen LogP contribution is -3.12. The van der Waals surface area contributed by atoms with E-state index in [4.69, 9.17) is 0 Å². The lowest BCUT2D eigenvalue weighted by molar-refractivity contribution is -0.895. The molecule has 1 aromatic carbocycles. The third-order valence-corrected chi connectivity index (χ3v) is 6.81. The van der Waals surface area contributed by atoms with E-state index in [0.717, 1.165) is 13.1 Å². The van der Waals surface area contributed by atoms with Crippen LogP contribution in [0.25, 0.3) is 0 Å². The van der Waals surface area contributed by atoms with E-state index in [0.29, 0.717) is 27.7 Å². The van der Waals surface area contributed by atoms with Crippen molar-refractivity contribution in [2.24, 2.45) is 0 Å². The van der Waals surface area contributed by atoms with Gasteiger partial charge < -0.3 is 14.9 Å². The van der Waals surface area contributed by atoms with Gasteiger partial charge in [-0.05, 0) is 39.0 Å². The maximum Gasteiger partial charge on any atom is 0.269 e. The number of nitrogens with zero attached hydrogens (tertiary/aromatic N) is 3. The number of aryl methyl sites for hydroxylation is 2. The Morgan fingerprint density at radius 1 is 1.28 bits per heavy atom. The number of non-ortho nitro benzene ring substituents is 1. The molecule has 1 amide bonds. The number of hydrogen-bond donors (Lipinski definition) is 1. The molecule has 10 heteroatoms. The van der Waals surface area contributed by atoms with Crippen molar-refractivity contribution < 1.29 is 24.5 Å². The van der Waals surface area contributed by atoms with Gasteiger partial charge in [0.15, 0.2) is 0 Å². The number of amides is 1. The molecule has 0 bridgehead atoms. The molecule has 0 fully saturated rings. The normalized spacial score (nSPS) is 16.3. The predicted molar refractivity (Wildman–Crippen MR) is 117 cm³/mol. The summed E-state index contributed by atoms with van der Waals surface area (Å²) in [6.45, 7) is 10.1. The third kappa shape index (κ3) is 4.42. The molecule has 1 unspecified atom stereocenters. The first kappa shape index (κ1) is 23.6. The van der Waals surface area contributed by atoms with Crippen molar-refractivity contribution in [3.05, 3.63) is 66.9 Å². The zero-order chi connectivity index (χ0) is 23.6. The van der Waals surface area contributed by atoms with E-state index in [1.54, 1.807) is 19.9 Å². The molecule has 0 aliphatic carbocycles. The van der Waals surface area contributed by atoms with Crippen LogP contribution < -0.4 is 10.0 Å². The zero-order valence-corrected chi connectivity index (χ0v) is 19.3. The molecular formula is C22H26N4O5S. The van der Waals surface area contributed by atoms with E-state index in [1.807, 2.05) is 13.8 Å². The molecule has 32 heavy (non-hydrogen) atoms. The summed E-state index contributed by atoms with van der Waals surface area (Å²) >= 11 is 1.17. The molecule has 1 aliphatic rings. The SMILES string of the molecule is CC[NH+](CC)CCN1C(=O)C([O-])=C(C(=O)c2sc(C)nc2C)C1c1cccc([N+](=O)[O-])c1. The second-order valence-electron chi connectivity index (χ2n) is 7.68. The Morgan fingerprint density at radius 3 is 2.53 bits per heavy atom. The van der Waals surface area contributed by atoms with Gasteiger partial charge in [-0.2, -0.15) is 0 Å². The molecule has 3 rings (SSSR count). The fourth-order valence-electron chi connectivity index (χ4n) is 4.00. The fraction of sp³-hybridized carbons (Fsp3) is 0.409. The van der Waals surface area contributed by atoms with Crippen LogP contribution in [0.5, 0.6) is 0 Å². The summed E-state index contributed by atoms with van der Waals surface area (Å²) < 4.78 is 0. The van der Waals surface area contributed by atoms with Gasteiger partial charge in [0, 0.05) is 17.7 Å². The van der Waals surface area contributed by atoms with E-state index in [1.165, 1.54) is 39.3 Å². The molecule has 1 N–H and O–H groups in total. The molecule has 0 spiro atoms. The Hall–Kier alpha value is -3.11. The topological polar surface area (TPSA) is 121 Å². The van der Waals surface area contributed by atoms with Crippen molar-refractivity contribution in [3.63, 3.8) is 0 Å². The van der Waals surface area contributed by atoms with Crippen LogP contribution in [0, 0.1) is 24.0 Å². The van der Waals surface area contributed by atoms with E-state index < -0.39 is 28.4 Å². The first-order valence-corrected chi connectivity index (χ1v) is 11.3. The summed E-state index contributed by atoms with van der Waals surface area (Å²) in [6, 6.07) is 4.80. The highest BCUT2D eigenvalue weighted by Gasteiger charge is 2.41. The van der Waals surface area contributed by atoms with Crippen LogP contribution in [0.2, 0.25) is 0 Å². The Morgan fingerprint density at radius 2 is 1.97 bits per heavy atom. The summed E-state index contributed by atoms with van der Waals surface area (Å²) in [5.41, 5.74) is 0.529. The Balaban J connectivity index is 2.09. The molecule has 0 radical (unpaired) electrons. The highest BCUT2D eigenvalue weighted by molar-refractivity contribution is 7.14. The number of quaternary nitrogens is 1. The summed E-state index contributed by atoms with van der Waals surface area (Å²) in [6.07, 6.45) is 0. The highest BCUT2D eigenvalue weighted by Crippen LogP contribution is 2.39. The Labute approximate surface area is 190 Å². The van der Waals surface area contributed by atoms with Gasteiger partial charge in [0.2, 0.25) is 11.7 Å². The molecular weight excluding hydrogens is 432 g/mol. The molecule has 9 nitrogen and oxygen atoms in total. The number of carbonyl (C=O) groups is 2. The van der Waals surface area contributed by atoms with Gasteiger partial charge in [0.05, 0.1) is 52.7 Å². The Bertz CT molecular complexity index is 1090. The lowest BCUT2D eigenvalue weighted by Gasteiger charge is -2.28. The summed E-state index contributed by atoms with van der Waals surface area (Å²) in [7, 11) is 0. The number of nitro groups is 1. The number of Topliss-reactive ketones (excluding diaryl/α,β-unsaturated/α-hetero) is 1. The zero-order valence-electron chi connectivity index (χ0n) is 18.5. The monoisotopic (exact) mass is 458 g/mol. The maximum absolute atomic E-state index is 13.4. The van der Waals surface area contributed by atoms with Crippen LogP contribution >= 0.6 is 11.3 Å². The second kappa shape index (κ2) is 9.58. The van der Waals surface area contributed by atoms with Crippen LogP contribution in [0.3, 0.4) is 0 Å². The number of aromatic nitrogens is 1. The largest absolute Gasteiger partial charge is 0.868 e. The van der Waals surface area contributed by atoms with Gasteiger partial charge in [-0.15, -0.1) is 11.3 Å². The van der Waals surface area contributed by atoms with Gasteiger partial charge in [0.25, 0.3) is 5.69 Å².